The molecule has 1 saturated heterocycles. The maximum atomic E-state index is 13.6. The van der Waals surface area contributed by atoms with E-state index < -0.39 is 0 Å². The first-order chi connectivity index (χ1) is 17.9. The molecule has 0 aliphatic carbocycles. The fourth-order valence-electron chi connectivity index (χ4n) is 4.48. The monoisotopic (exact) mass is 505 g/mol. The minimum atomic E-state index is -0.372. The van der Waals surface area contributed by atoms with Gasteiger partial charge >= 0.3 is 6.03 Å². The van der Waals surface area contributed by atoms with Crippen LogP contribution in [0.4, 0.5) is 19.3 Å². The van der Waals surface area contributed by atoms with Crippen LogP contribution in [0, 0.1) is 11.6 Å². The molecular weight excluding hydrogens is 476 g/mol. The topological polar surface area (TPSA) is 87.2 Å². The summed E-state index contributed by atoms with van der Waals surface area (Å²) in [7, 11) is 0. The molecule has 1 fully saturated rings. The highest BCUT2D eigenvalue weighted by atomic mass is 19.1. The number of benzene rings is 3. The fourth-order valence-corrected chi connectivity index (χ4v) is 4.48. The number of hydrogen-bond donors (Lipinski definition) is 2. The third-order valence-electron chi connectivity index (χ3n) is 6.36. The van der Waals surface area contributed by atoms with Gasteiger partial charge in [-0.3, -0.25) is 4.79 Å². The minimum Gasteiger partial charge on any atom is -0.341 e. The second kappa shape index (κ2) is 10.3. The van der Waals surface area contributed by atoms with Crippen LogP contribution in [-0.2, 0) is 4.79 Å². The van der Waals surface area contributed by atoms with E-state index in [4.69, 9.17) is 9.97 Å². The van der Waals surface area contributed by atoms with Gasteiger partial charge in [-0.05, 0) is 79.6 Å². The Morgan fingerprint density at radius 3 is 2.08 bits per heavy atom. The highest BCUT2D eigenvalue weighted by molar-refractivity contribution is 5.93. The standard InChI is InChI=1S/C28H25F2N5O2.2H2/c1-17(36)35-14-2-3-23(16-35)32-28(37)31-22-12-13-24-25(15-22)34-27(19-6-10-21(30)11-7-19)26(33-24)18-4-8-20(29)9-5-18;;/h4-13,15,23H,2-3,14,16H2,1H3,(H2,31,32,37);2*1H. The van der Waals surface area contributed by atoms with Crippen molar-refractivity contribution in [2.75, 3.05) is 18.4 Å². The first kappa shape index (κ1) is 24.3. The molecule has 192 valence electrons. The van der Waals surface area contributed by atoms with Gasteiger partial charge in [-0.25, -0.2) is 23.5 Å². The van der Waals surface area contributed by atoms with E-state index in [0.29, 0.717) is 52.3 Å². The van der Waals surface area contributed by atoms with Crippen molar-refractivity contribution >= 4 is 28.7 Å². The van der Waals surface area contributed by atoms with Crippen LogP contribution in [0.1, 0.15) is 22.6 Å². The van der Waals surface area contributed by atoms with Gasteiger partial charge in [0.05, 0.1) is 22.4 Å². The zero-order valence-corrected chi connectivity index (χ0v) is 20.2. The van der Waals surface area contributed by atoms with Gasteiger partial charge < -0.3 is 15.5 Å². The molecule has 0 radical (unpaired) electrons. The predicted octanol–water partition coefficient (Wildman–Crippen LogP) is 5.87. The fraction of sp³-hybridized carbons (Fsp3) is 0.214. The van der Waals surface area contributed by atoms with E-state index in [9.17, 15) is 18.4 Å². The van der Waals surface area contributed by atoms with Crippen molar-refractivity contribution < 1.29 is 21.2 Å². The number of anilines is 1. The molecule has 0 bridgehead atoms. The lowest BCUT2D eigenvalue weighted by Gasteiger charge is -2.32. The molecule has 1 aliphatic rings. The Kier molecular flexibility index (Phi) is 6.76. The zero-order valence-electron chi connectivity index (χ0n) is 20.2. The van der Waals surface area contributed by atoms with Crippen molar-refractivity contribution in [3.63, 3.8) is 0 Å². The number of rotatable bonds is 4. The third-order valence-corrected chi connectivity index (χ3v) is 6.36. The van der Waals surface area contributed by atoms with Gasteiger partial charge in [0.1, 0.15) is 11.6 Å². The number of piperidine rings is 1. The summed E-state index contributed by atoms with van der Waals surface area (Å²) >= 11 is 0. The summed E-state index contributed by atoms with van der Waals surface area (Å²) in [5.41, 5.74) is 4.00. The maximum absolute atomic E-state index is 13.6. The van der Waals surface area contributed by atoms with Gasteiger partial charge in [-0.2, -0.15) is 0 Å². The Morgan fingerprint density at radius 1 is 0.892 bits per heavy atom. The average molecular weight is 506 g/mol. The van der Waals surface area contributed by atoms with E-state index >= 15 is 0 Å². The zero-order chi connectivity index (χ0) is 25.9. The van der Waals surface area contributed by atoms with Crippen molar-refractivity contribution in [1.82, 2.24) is 20.2 Å². The quantitative estimate of drug-likeness (QED) is 0.363. The normalized spacial score (nSPS) is 15.4. The molecule has 2 heterocycles. The molecule has 1 unspecified atom stereocenters. The molecule has 1 aromatic heterocycles. The highest BCUT2D eigenvalue weighted by Gasteiger charge is 2.23. The SMILES string of the molecule is CC(=O)N1CCCC(NC(=O)Nc2ccc3nc(-c4ccc(F)cc4)c(-c4ccc(F)cc4)nc3c2)C1.[HH].[HH]. The van der Waals surface area contributed by atoms with Crippen molar-refractivity contribution in [2.24, 2.45) is 0 Å². The molecular formula is C28H29F2N5O2. The minimum absolute atomic E-state index is 0. The molecule has 2 N–H and O–H groups in total. The van der Waals surface area contributed by atoms with E-state index in [-0.39, 0.29) is 32.5 Å². The van der Waals surface area contributed by atoms with Crippen LogP contribution in [0.2, 0.25) is 0 Å². The number of carbonyl (C=O) groups excluding carboxylic acids is 2. The summed E-state index contributed by atoms with van der Waals surface area (Å²) in [4.78, 5) is 35.6. The van der Waals surface area contributed by atoms with Crippen molar-refractivity contribution in [2.45, 2.75) is 25.8 Å². The van der Waals surface area contributed by atoms with Gasteiger partial charge in [0, 0.05) is 45.7 Å². The number of amides is 3. The largest absolute Gasteiger partial charge is 0.341 e. The molecule has 1 aliphatic heterocycles. The number of urea groups is 1. The molecule has 0 saturated carbocycles. The number of halogens is 2. The summed E-state index contributed by atoms with van der Waals surface area (Å²) in [6.45, 7) is 2.72. The number of fused-ring (bicyclic) bond motifs is 1. The predicted molar refractivity (Wildman–Crippen MR) is 142 cm³/mol. The van der Waals surface area contributed by atoms with Gasteiger partial charge in [-0.15, -0.1) is 0 Å². The number of nitrogens with zero attached hydrogens (tertiary/aromatic N) is 3. The summed E-state index contributed by atoms with van der Waals surface area (Å²) in [5.74, 6) is -0.739. The smallest absolute Gasteiger partial charge is 0.319 e. The number of carbonyl (C=O) groups is 2. The van der Waals surface area contributed by atoms with Crippen LogP contribution >= 0.6 is 0 Å². The van der Waals surface area contributed by atoms with Crippen LogP contribution in [0.15, 0.2) is 66.7 Å². The second-order valence-corrected chi connectivity index (χ2v) is 9.04. The number of nitrogens with one attached hydrogen (secondary N) is 2. The highest BCUT2D eigenvalue weighted by Crippen LogP contribution is 2.32. The van der Waals surface area contributed by atoms with Crippen molar-refractivity contribution in [1.29, 1.82) is 0 Å². The molecule has 9 heteroatoms. The average Bonchev–Trinajstić information content (AvgIpc) is 2.89. The van der Waals surface area contributed by atoms with Crippen LogP contribution in [0.25, 0.3) is 33.5 Å². The molecule has 5 rings (SSSR count). The van der Waals surface area contributed by atoms with E-state index in [1.807, 2.05) is 0 Å². The third kappa shape index (κ3) is 5.55. The summed E-state index contributed by atoms with van der Waals surface area (Å²) in [5, 5.41) is 5.76. The van der Waals surface area contributed by atoms with Gasteiger partial charge in [-0.1, -0.05) is 0 Å². The van der Waals surface area contributed by atoms with Gasteiger partial charge in [0.2, 0.25) is 5.91 Å². The van der Waals surface area contributed by atoms with Crippen LogP contribution < -0.4 is 10.6 Å². The molecule has 4 aromatic rings. The Bertz CT molecular complexity index is 1470. The van der Waals surface area contributed by atoms with Crippen LogP contribution in [-0.4, -0.2) is 45.9 Å². The Balaban J connectivity index is 0.00000210. The first-order valence-corrected chi connectivity index (χ1v) is 12.0. The Labute approximate surface area is 215 Å². The first-order valence-electron chi connectivity index (χ1n) is 12.0. The van der Waals surface area contributed by atoms with Gasteiger partial charge in [0.25, 0.3) is 0 Å². The van der Waals surface area contributed by atoms with Crippen LogP contribution in [0.3, 0.4) is 0 Å². The second-order valence-electron chi connectivity index (χ2n) is 9.04. The molecule has 1 atom stereocenters. The molecule has 7 nitrogen and oxygen atoms in total. The lowest BCUT2D eigenvalue weighted by atomic mass is 10.0. The summed E-state index contributed by atoms with van der Waals surface area (Å²) < 4.78 is 27.1. The molecule has 0 spiro atoms. The van der Waals surface area contributed by atoms with E-state index in [0.717, 1.165) is 12.8 Å². The van der Waals surface area contributed by atoms with Crippen LogP contribution in [0.5, 0.6) is 0 Å². The summed E-state index contributed by atoms with van der Waals surface area (Å²) in [6.07, 6.45) is 1.63. The molecule has 3 aromatic carbocycles. The Hall–Kier alpha value is -4.40. The lowest BCUT2D eigenvalue weighted by molar-refractivity contribution is -0.130. The number of aromatic nitrogens is 2. The number of likely N-dealkylation sites (tertiary alicyclic amines) is 1. The molecule has 3 amide bonds. The number of hydrogen-bond acceptors (Lipinski definition) is 4. The lowest BCUT2D eigenvalue weighted by Crippen LogP contribution is -2.50. The van der Waals surface area contributed by atoms with Gasteiger partial charge in [0.15, 0.2) is 0 Å². The van der Waals surface area contributed by atoms with Crippen molar-refractivity contribution in [3.05, 3.63) is 78.4 Å². The maximum Gasteiger partial charge on any atom is 0.319 e. The molecule has 37 heavy (non-hydrogen) atoms. The Morgan fingerprint density at radius 2 is 1.49 bits per heavy atom. The van der Waals surface area contributed by atoms with E-state index in [1.54, 1.807) is 47.4 Å². The van der Waals surface area contributed by atoms with E-state index in [1.165, 1.54) is 31.2 Å². The van der Waals surface area contributed by atoms with E-state index in [2.05, 4.69) is 10.6 Å². The summed E-state index contributed by atoms with van der Waals surface area (Å²) in [6, 6.07) is 16.6. The van der Waals surface area contributed by atoms with Crippen molar-refractivity contribution in [3.8, 4) is 22.5 Å².